The van der Waals surface area contributed by atoms with E-state index >= 15 is 0 Å². The second kappa shape index (κ2) is 9.51. The van der Waals surface area contributed by atoms with Crippen LogP contribution in [0.1, 0.15) is 0 Å². The summed E-state index contributed by atoms with van der Waals surface area (Å²) >= 11 is 5.88. The molecule has 1 saturated heterocycles. The van der Waals surface area contributed by atoms with Crippen molar-refractivity contribution in [2.24, 2.45) is 0 Å². The zero-order chi connectivity index (χ0) is 23.6. The van der Waals surface area contributed by atoms with Crippen LogP contribution < -0.4 is 14.8 Å². The van der Waals surface area contributed by atoms with Crippen LogP contribution in [0.25, 0.3) is 0 Å². The number of amides is 1. The lowest BCUT2D eigenvalue weighted by Gasteiger charge is -2.33. The third-order valence-corrected chi connectivity index (χ3v) is 7.41. The van der Waals surface area contributed by atoms with Gasteiger partial charge < -0.3 is 14.8 Å². The number of nitrogens with one attached hydrogen (secondary N) is 1. The number of carbonyl (C=O) groups excluding carboxylic acids is 1. The molecule has 33 heavy (non-hydrogen) atoms. The molecule has 13 heteroatoms. The number of halogens is 1. The summed E-state index contributed by atoms with van der Waals surface area (Å²) in [5, 5.41) is 13.9. The van der Waals surface area contributed by atoms with Gasteiger partial charge in [0.2, 0.25) is 15.9 Å². The molecule has 2 heterocycles. The molecule has 2 aromatic rings. The molecule has 176 valence electrons. The van der Waals surface area contributed by atoms with Gasteiger partial charge in [-0.05, 0) is 24.3 Å². The van der Waals surface area contributed by atoms with E-state index in [1.165, 1.54) is 34.6 Å². The van der Waals surface area contributed by atoms with Crippen LogP contribution in [-0.2, 0) is 14.8 Å². The number of ether oxygens (including phenoxy) is 2. The number of rotatable bonds is 6. The van der Waals surface area contributed by atoms with Crippen LogP contribution in [0.2, 0.25) is 5.02 Å². The molecule has 2 aliphatic rings. The first-order valence-electron chi connectivity index (χ1n) is 10.1. The van der Waals surface area contributed by atoms with Gasteiger partial charge in [0.15, 0.2) is 11.5 Å². The van der Waals surface area contributed by atoms with E-state index in [4.69, 9.17) is 21.1 Å². The average molecular weight is 497 g/mol. The quantitative estimate of drug-likeness (QED) is 0.474. The van der Waals surface area contributed by atoms with Crippen molar-refractivity contribution < 1.29 is 27.6 Å². The van der Waals surface area contributed by atoms with E-state index in [9.17, 15) is 23.3 Å². The number of benzene rings is 2. The summed E-state index contributed by atoms with van der Waals surface area (Å²) in [6.07, 6.45) is 0. The molecule has 2 aliphatic heterocycles. The highest BCUT2D eigenvalue weighted by Gasteiger charge is 2.30. The third-order valence-electron chi connectivity index (χ3n) is 5.28. The third kappa shape index (κ3) is 5.19. The van der Waals surface area contributed by atoms with Gasteiger partial charge in [0.05, 0.1) is 16.4 Å². The van der Waals surface area contributed by atoms with Crippen molar-refractivity contribution in [3.8, 4) is 11.5 Å². The molecular weight excluding hydrogens is 476 g/mol. The molecule has 0 aromatic heterocycles. The molecule has 11 nitrogen and oxygen atoms in total. The lowest BCUT2D eigenvalue weighted by atomic mass is 10.2. The first-order chi connectivity index (χ1) is 15.7. The van der Waals surface area contributed by atoms with Crippen LogP contribution in [-0.4, -0.2) is 74.4 Å². The van der Waals surface area contributed by atoms with E-state index in [1.54, 1.807) is 11.0 Å². The Hall–Kier alpha value is -2.93. The van der Waals surface area contributed by atoms with Gasteiger partial charge in [0.25, 0.3) is 5.69 Å². The Morgan fingerprint density at radius 2 is 1.76 bits per heavy atom. The summed E-state index contributed by atoms with van der Waals surface area (Å²) in [4.78, 5) is 24.9. The molecular formula is C20H21ClN4O7S. The fourth-order valence-corrected chi connectivity index (χ4v) is 5.23. The fraction of sp³-hybridized carbons (Fsp3) is 0.350. The molecule has 1 N–H and O–H groups in total. The maximum absolute atomic E-state index is 13.0. The highest BCUT2D eigenvalue weighted by molar-refractivity contribution is 7.89. The highest BCUT2D eigenvalue weighted by Crippen LogP contribution is 2.33. The van der Waals surface area contributed by atoms with Crippen LogP contribution >= 0.6 is 11.6 Å². The van der Waals surface area contributed by atoms with Crippen molar-refractivity contribution in [3.05, 3.63) is 51.5 Å². The number of nitro groups is 1. The van der Waals surface area contributed by atoms with E-state index in [2.05, 4.69) is 5.32 Å². The lowest BCUT2D eigenvalue weighted by molar-refractivity contribution is -0.383. The Morgan fingerprint density at radius 3 is 2.45 bits per heavy atom. The van der Waals surface area contributed by atoms with Crippen molar-refractivity contribution in [3.63, 3.8) is 0 Å². The Balaban J connectivity index is 1.36. The molecule has 0 spiro atoms. The van der Waals surface area contributed by atoms with Crippen LogP contribution in [0.15, 0.2) is 41.3 Å². The molecule has 0 radical (unpaired) electrons. The van der Waals surface area contributed by atoms with Crippen LogP contribution in [0.5, 0.6) is 11.5 Å². The molecule has 0 aliphatic carbocycles. The lowest BCUT2D eigenvalue weighted by Crippen LogP contribution is -2.50. The Kier molecular flexibility index (Phi) is 6.70. The normalized spacial score (nSPS) is 16.9. The van der Waals surface area contributed by atoms with Gasteiger partial charge in [-0.15, -0.1) is 0 Å². The van der Waals surface area contributed by atoms with Crippen LogP contribution in [0.3, 0.4) is 0 Å². The predicted molar refractivity (Wildman–Crippen MR) is 119 cm³/mol. The first-order valence-corrected chi connectivity index (χ1v) is 11.9. The van der Waals surface area contributed by atoms with E-state index in [1.807, 2.05) is 0 Å². The topological polar surface area (TPSA) is 131 Å². The summed E-state index contributed by atoms with van der Waals surface area (Å²) in [5.41, 5.74) is -0.250. The standard InChI is InChI=1S/C20H21ClN4O7S/c21-14-1-3-17(25(27)28)16(11-14)22-20(26)13-23-5-7-24(8-6-23)33(29,30)15-2-4-18-19(12-15)32-10-9-31-18/h1-4,11-12H,5-10,13H2,(H,22,26). The fourth-order valence-electron chi connectivity index (χ4n) is 3.62. The summed E-state index contributed by atoms with van der Waals surface area (Å²) in [7, 11) is -3.73. The van der Waals surface area contributed by atoms with Crippen molar-refractivity contribution in [2.45, 2.75) is 4.90 Å². The smallest absolute Gasteiger partial charge is 0.292 e. The Bertz CT molecular complexity index is 1180. The van der Waals surface area contributed by atoms with Crippen molar-refractivity contribution in [2.75, 3.05) is 51.3 Å². The summed E-state index contributed by atoms with van der Waals surface area (Å²) < 4.78 is 38.3. The molecule has 1 fully saturated rings. The van der Waals surface area contributed by atoms with E-state index in [0.29, 0.717) is 37.8 Å². The zero-order valence-corrected chi connectivity index (χ0v) is 19.0. The molecule has 1 amide bonds. The molecule has 4 rings (SSSR count). The number of piperazine rings is 1. The number of sulfonamides is 1. The highest BCUT2D eigenvalue weighted by atomic mass is 35.5. The van der Waals surface area contributed by atoms with Gasteiger partial charge in [-0.25, -0.2) is 8.42 Å². The van der Waals surface area contributed by atoms with E-state index < -0.39 is 20.9 Å². The van der Waals surface area contributed by atoms with Crippen molar-refractivity contribution in [1.82, 2.24) is 9.21 Å². The number of hydrogen-bond donors (Lipinski definition) is 1. The number of anilines is 1. The molecule has 2 aromatic carbocycles. The largest absolute Gasteiger partial charge is 0.486 e. The van der Waals surface area contributed by atoms with Gasteiger partial charge in [0.1, 0.15) is 18.9 Å². The van der Waals surface area contributed by atoms with Crippen LogP contribution in [0.4, 0.5) is 11.4 Å². The Labute approximate surface area is 195 Å². The first kappa shape index (κ1) is 23.2. The van der Waals surface area contributed by atoms with Gasteiger partial charge >= 0.3 is 0 Å². The number of carbonyl (C=O) groups is 1. The SMILES string of the molecule is O=C(CN1CCN(S(=O)(=O)c2ccc3c(c2)OCCO3)CC1)Nc1cc(Cl)ccc1[N+](=O)[O-]. The van der Waals surface area contributed by atoms with Gasteiger partial charge in [-0.2, -0.15) is 4.31 Å². The van der Waals surface area contributed by atoms with E-state index in [-0.39, 0.29) is 40.9 Å². The van der Waals surface area contributed by atoms with Gasteiger partial charge in [-0.1, -0.05) is 11.6 Å². The minimum atomic E-state index is -3.73. The summed E-state index contributed by atoms with van der Waals surface area (Å²) in [6.45, 7) is 1.78. The Morgan fingerprint density at radius 1 is 1.06 bits per heavy atom. The van der Waals surface area contributed by atoms with Crippen molar-refractivity contribution in [1.29, 1.82) is 0 Å². The minimum absolute atomic E-state index is 0.0114. The minimum Gasteiger partial charge on any atom is -0.486 e. The molecule has 0 atom stereocenters. The summed E-state index contributed by atoms with van der Waals surface area (Å²) in [6, 6.07) is 8.44. The number of hydrogen-bond acceptors (Lipinski definition) is 8. The number of fused-ring (bicyclic) bond motifs is 1. The molecule has 0 saturated carbocycles. The van der Waals surface area contributed by atoms with Gasteiger partial charge in [-0.3, -0.25) is 19.8 Å². The molecule has 0 unspecified atom stereocenters. The maximum atomic E-state index is 13.0. The zero-order valence-electron chi connectivity index (χ0n) is 17.4. The second-order valence-electron chi connectivity index (χ2n) is 7.45. The predicted octanol–water partition coefficient (Wildman–Crippen LogP) is 1.96. The van der Waals surface area contributed by atoms with Crippen molar-refractivity contribution >= 4 is 38.9 Å². The molecule has 0 bridgehead atoms. The number of nitro benzene ring substituents is 1. The average Bonchev–Trinajstić information content (AvgIpc) is 2.79. The summed E-state index contributed by atoms with van der Waals surface area (Å²) in [5.74, 6) is 0.451. The maximum Gasteiger partial charge on any atom is 0.292 e. The number of nitrogens with zero attached hydrogens (tertiary/aromatic N) is 3. The van der Waals surface area contributed by atoms with Gasteiger partial charge in [0, 0.05) is 43.3 Å². The second-order valence-corrected chi connectivity index (χ2v) is 9.83. The van der Waals surface area contributed by atoms with E-state index in [0.717, 1.165) is 0 Å². The van der Waals surface area contributed by atoms with Crippen LogP contribution in [0, 0.1) is 10.1 Å². The monoisotopic (exact) mass is 496 g/mol.